The number of aromatic nitrogens is 3. The molecule has 102 valence electrons. The number of carboxylic acid groups (broad SMARTS) is 1. The maximum absolute atomic E-state index is 11.9. The molecule has 0 aromatic carbocycles. The van der Waals surface area contributed by atoms with Crippen LogP contribution < -0.4 is 5.56 Å². The van der Waals surface area contributed by atoms with E-state index in [0.29, 0.717) is 17.9 Å². The van der Waals surface area contributed by atoms with E-state index in [2.05, 4.69) is 5.10 Å². The van der Waals surface area contributed by atoms with Gasteiger partial charge in [-0.15, -0.1) is 0 Å². The molecule has 0 spiro atoms. The van der Waals surface area contributed by atoms with Crippen molar-refractivity contribution in [3.05, 3.63) is 33.9 Å². The van der Waals surface area contributed by atoms with Gasteiger partial charge in [0.05, 0.1) is 12.3 Å². The summed E-state index contributed by atoms with van der Waals surface area (Å²) < 4.78 is 7.76. The maximum atomic E-state index is 11.9. The second-order valence-corrected chi connectivity index (χ2v) is 4.16. The van der Waals surface area contributed by atoms with E-state index in [1.165, 1.54) is 11.6 Å². The Balaban J connectivity index is 2.74. The SMILES string of the molecule is CCCn1c(C(=O)O)cc(=O)n2nc(COC)cc12. The molecule has 0 unspecified atom stereocenters. The Labute approximate surface area is 109 Å². The van der Waals surface area contributed by atoms with E-state index >= 15 is 0 Å². The lowest BCUT2D eigenvalue weighted by molar-refractivity contribution is 0.0684. The molecule has 0 aliphatic carbocycles. The number of hydrogen-bond donors (Lipinski definition) is 1. The van der Waals surface area contributed by atoms with E-state index < -0.39 is 11.5 Å². The number of hydrogen-bond acceptors (Lipinski definition) is 4. The normalized spacial score (nSPS) is 11.1. The molecule has 0 aliphatic heterocycles. The number of ether oxygens (including phenoxy) is 1. The average Bonchev–Trinajstić information content (AvgIpc) is 2.77. The molecular formula is C12H15N3O4. The lowest BCUT2D eigenvalue weighted by Gasteiger charge is -2.10. The van der Waals surface area contributed by atoms with E-state index in [4.69, 9.17) is 4.74 Å². The van der Waals surface area contributed by atoms with Gasteiger partial charge in [-0.2, -0.15) is 9.61 Å². The minimum Gasteiger partial charge on any atom is -0.477 e. The molecular weight excluding hydrogens is 250 g/mol. The maximum Gasteiger partial charge on any atom is 0.352 e. The third-order valence-electron chi connectivity index (χ3n) is 2.74. The molecule has 0 bridgehead atoms. The van der Waals surface area contributed by atoms with E-state index in [0.717, 1.165) is 12.5 Å². The topological polar surface area (TPSA) is 85.8 Å². The van der Waals surface area contributed by atoms with Gasteiger partial charge in [0.2, 0.25) is 0 Å². The second-order valence-electron chi connectivity index (χ2n) is 4.16. The molecule has 7 heteroatoms. The molecule has 0 saturated heterocycles. The van der Waals surface area contributed by atoms with Crippen molar-refractivity contribution in [2.75, 3.05) is 7.11 Å². The first-order valence-electron chi connectivity index (χ1n) is 5.93. The van der Waals surface area contributed by atoms with Gasteiger partial charge in [0.15, 0.2) is 0 Å². The molecule has 2 aromatic heterocycles. The van der Waals surface area contributed by atoms with Crippen molar-refractivity contribution < 1.29 is 14.6 Å². The lowest BCUT2D eigenvalue weighted by Crippen LogP contribution is -2.23. The molecule has 0 radical (unpaired) electrons. The summed E-state index contributed by atoms with van der Waals surface area (Å²) in [5.41, 5.74) is 0.580. The van der Waals surface area contributed by atoms with Crippen LogP contribution in [-0.4, -0.2) is 32.4 Å². The van der Waals surface area contributed by atoms with Crippen LogP contribution in [0.3, 0.4) is 0 Å². The van der Waals surface area contributed by atoms with E-state index in [1.54, 1.807) is 10.6 Å². The number of carboxylic acids is 1. The van der Waals surface area contributed by atoms with Crippen LogP contribution in [0.5, 0.6) is 0 Å². The van der Waals surface area contributed by atoms with Crippen molar-refractivity contribution >= 4 is 11.6 Å². The van der Waals surface area contributed by atoms with E-state index in [9.17, 15) is 14.7 Å². The smallest absolute Gasteiger partial charge is 0.352 e. The summed E-state index contributed by atoms with van der Waals surface area (Å²) in [5.74, 6) is -1.12. The van der Waals surface area contributed by atoms with Gasteiger partial charge in [0.1, 0.15) is 11.3 Å². The summed E-state index contributed by atoms with van der Waals surface area (Å²) in [6.07, 6.45) is 0.754. The summed E-state index contributed by atoms with van der Waals surface area (Å²) >= 11 is 0. The highest BCUT2D eigenvalue weighted by molar-refractivity contribution is 5.86. The van der Waals surface area contributed by atoms with Gasteiger partial charge >= 0.3 is 5.97 Å². The number of carbonyl (C=O) groups is 1. The van der Waals surface area contributed by atoms with E-state index in [-0.39, 0.29) is 12.3 Å². The van der Waals surface area contributed by atoms with Crippen LogP contribution in [0.1, 0.15) is 29.5 Å². The average molecular weight is 265 g/mol. The predicted molar refractivity (Wildman–Crippen MR) is 67.4 cm³/mol. The van der Waals surface area contributed by atoms with Crippen LogP contribution in [0, 0.1) is 0 Å². The minimum atomic E-state index is -1.12. The largest absolute Gasteiger partial charge is 0.477 e. The fourth-order valence-electron chi connectivity index (χ4n) is 2.01. The molecule has 1 N–H and O–H groups in total. The Morgan fingerprint density at radius 1 is 1.47 bits per heavy atom. The molecule has 2 heterocycles. The molecule has 0 saturated carbocycles. The van der Waals surface area contributed by atoms with Crippen LogP contribution in [-0.2, 0) is 17.9 Å². The first-order valence-corrected chi connectivity index (χ1v) is 5.93. The summed E-state index contributed by atoms with van der Waals surface area (Å²) in [6.45, 7) is 2.71. The van der Waals surface area contributed by atoms with Crippen molar-refractivity contribution in [1.82, 2.24) is 14.2 Å². The first-order chi connectivity index (χ1) is 9.08. The van der Waals surface area contributed by atoms with Crippen LogP contribution in [0.4, 0.5) is 0 Å². The van der Waals surface area contributed by atoms with Gasteiger partial charge in [-0.1, -0.05) is 6.92 Å². The molecule has 0 amide bonds. The molecule has 2 rings (SSSR count). The van der Waals surface area contributed by atoms with Crippen molar-refractivity contribution in [3.8, 4) is 0 Å². The Bertz CT molecular complexity index is 671. The third-order valence-corrected chi connectivity index (χ3v) is 2.74. The highest BCUT2D eigenvalue weighted by Gasteiger charge is 2.16. The molecule has 2 aromatic rings. The molecule has 19 heavy (non-hydrogen) atoms. The zero-order valence-corrected chi connectivity index (χ0v) is 10.8. The monoisotopic (exact) mass is 265 g/mol. The van der Waals surface area contributed by atoms with Crippen LogP contribution in [0.2, 0.25) is 0 Å². The van der Waals surface area contributed by atoms with Gasteiger partial charge in [-0.3, -0.25) is 4.79 Å². The quantitative estimate of drug-likeness (QED) is 0.862. The Hall–Kier alpha value is -2.15. The van der Waals surface area contributed by atoms with Gasteiger partial charge in [0.25, 0.3) is 5.56 Å². The van der Waals surface area contributed by atoms with Crippen LogP contribution in [0.25, 0.3) is 5.65 Å². The first kappa shape index (κ1) is 13.3. The van der Waals surface area contributed by atoms with Gasteiger partial charge in [0, 0.05) is 25.8 Å². The van der Waals surface area contributed by atoms with Crippen molar-refractivity contribution in [1.29, 1.82) is 0 Å². The molecule has 0 fully saturated rings. The highest BCUT2D eigenvalue weighted by Crippen LogP contribution is 2.10. The zero-order valence-electron chi connectivity index (χ0n) is 10.8. The van der Waals surface area contributed by atoms with Crippen LogP contribution in [0.15, 0.2) is 16.9 Å². The molecule has 7 nitrogen and oxygen atoms in total. The lowest BCUT2D eigenvalue weighted by atomic mass is 10.3. The van der Waals surface area contributed by atoms with Gasteiger partial charge < -0.3 is 14.4 Å². The van der Waals surface area contributed by atoms with E-state index in [1.807, 2.05) is 6.92 Å². The number of aryl methyl sites for hydroxylation is 1. The Morgan fingerprint density at radius 3 is 2.79 bits per heavy atom. The Kier molecular flexibility index (Phi) is 3.66. The van der Waals surface area contributed by atoms with Crippen molar-refractivity contribution in [2.45, 2.75) is 26.5 Å². The van der Waals surface area contributed by atoms with Crippen molar-refractivity contribution in [3.63, 3.8) is 0 Å². The van der Waals surface area contributed by atoms with Crippen LogP contribution >= 0.6 is 0 Å². The predicted octanol–water partition coefficient (Wildman–Crippen LogP) is 0.751. The minimum absolute atomic E-state index is 0.0248. The van der Waals surface area contributed by atoms with Crippen molar-refractivity contribution in [2.24, 2.45) is 0 Å². The summed E-state index contributed by atoms with van der Waals surface area (Å²) in [7, 11) is 1.53. The fourth-order valence-corrected chi connectivity index (χ4v) is 2.01. The molecule has 0 aliphatic rings. The summed E-state index contributed by atoms with van der Waals surface area (Å²) in [6, 6.07) is 2.77. The molecule has 0 atom stereocenters. The second kappa shape index (κ2) is 5.23. The summed E-state index contributed by atoms with van der Waals surface area (Å²) in [4.78, 5) is 23.1. The highest BCUT2D eigenvalue weighted by atomic mass is 16.5. The van der Waals surface area contributed by atoms with Gasteiger partial charge in [-0.25, -0.2) is 4.79 Å². The third kappa shape index (κ3) is 2.37. The number of rotatable bonds is 5. The summed E-state index contributed by atoms with van der Waals surface area (Å²) in [5, 5.41) is 13.3. The van der Waals surface area contributed by atoms with Gasteiger partial charge in [-0.05, 0) is 6.42 Å². The number of nitrogens with zero attached hydrogens (tertiary/aromatic N) is 3. The zero-order chi connectivity index (χ0) is 14.0. The Morgan fingerprint density at radius 2 is 2.21 bits per heavy atom. The number of methoxy groups -OCH3 is 1. The fraction of sp³-hybridized carbons (Fsp3) is 0.417. The standard InChI is InChI=1S/C12H15N3O4/c1-3-4-14-9(12(17)18)6-11(16)15-10(14)5-8(13-15)7-19-2/h5-6H,3-4,7H2,1-2H3,(H,17,18). The number of fused-ring (bicyclic) bond motifs is 1. The number of aromatic carboxylic acids is 1.